The highest BCUT2D eigenvalue weighted by molar-refractivity contribution is 5.81. The van der Waals surface area contributed by atoms with Crippen molar-refractivity contribution in [1.29, 1.82) is 0 Å². The molecule has 1 N–H and O–H groups in total. The lowest BCUT2D eigenvalue weighted by Crippen LogP contribution is -2.37. The number of benzene rings is 2. The third kappa shape index (κ3) is 4.22. The molecule has 22 heavy (non-hydrogen) atoms. The van der Waals surface area contributed by atoms with Crippen molar-refractivity contribution in [3.05, 3.63) is 67.3 Å². The van der Waals surface area contributed by atoms with Crippen molar-refractivity contribution in [2.75, 3.05) is 6.54 Å². The van der Waals surface area contributed by atoms with E-state index in [0.29, 0.717) is 18.7 Å². The Balaban J connectivity index is 2.03. The molecule has 1 atom stereocenters. The standard InChI is InChI=1S/C19H21NO2/c1-3-14-20-19(21)18(4-2)22-17-12-10-16(11-13-17)15-8-6-5-7-9-15/h3,5-13,18H,1,4,14H2,2H3,(H,20,21)/t18-/m0/s1. The van der Waals surface area contributed by atoms with Gasteiger partial charge in [-0.3, -0.25) is 4.79 Å². The van der Waals surface area contributed by atoms with Crippen molar-refractivity contribution in [3.8, 4) is 16.9 Å². The van der Waals surface area contributed by atoms with Crippen molar-refractivity contribution in [2.24, 2.45) is 0 Å². The molecular formula is C19H21NO2. The van der Waals surface area contributed by atoms with E-state index < -0.39 is 6.10 Å². The van der Waals surface area contributed by atoms with Crippen LogP contribution in [0.2, 0.25) is 0 Å². The van der Waals surface area contributed by atoms with Crippen LogP contribution in [0.3, 0.4) is 0 Å². The molecule has 0 unspecified atom stereocenters. The molecule has 0 saturated carbocycles. The predicted octanol–water partition coefficient (Wildman–Crippen LogP) is 3.81. The molecule has 0 radical (unpaired) electrons. The molecule has 0 heterocycles. The van der Waals surface area contributed by atoms with E-state index in [0.717, 1.165) is 11.1 Å². The molecule has 0 aromatic heterocycles. The number of carbonyl (C=O) groups is 1. The van der Waals surface area contributed by atoms with Crippen LogP contribution < -0.4 is 10.1 Å². The summed E-state index contributed by atoms with van der Waals surface area (Å²) in [4.78, 5) is 11.9. The number of nitrogens with one attached hydrogen (secondary N) is 1. The minimum atomic E-state index is -0.484. The summed E-state index contributed by atoms with van der Waals surface area (Å²) in [6, 6.07) is 17.9. The van der Waals surface area contributed by atoms with Gasteiger partial charge in [0.1, 0.15) is 5.75 Å². The van der Waals surface area contributed by atoms with Gasteiger partial charge in [0.2, 0.25) is 0 Å². The van der Waals surface area contributed by atoms with Crippen molar-refractivity contribution in [3.63, 3.8) is 0 Å². The zero-order valence-electron chi connectivity index (χ0n) is 12.8. The van der Waals surface area contributed by atoms with E-state index in [1.165, 1.54) is 0 Å². The average Bonchev–Trinajstić information content (AvgIpc) is 2.59. The fourth-order valence-electron chi connectivity index (χ4n) is 2.13. The maximum Gasteiger partial charge on any atom is 0.261 e. The molecular weight excluding hydrogens is 274 g/mol. The molecule has 2 aromatic rings. The number of carbonyl (C=O) groups excluding carboxylic acids is 1. The monoisotopic (exact) mass is 295 g/mol. The lowest BCUT2D eigenvalue weighted by atomic mass is 10.1. The van der Waals surface area contributed by atoms with Crippen LogP contribution in [0.25, 0.3) is 11.1 Å². The second-order valence-corrected chi connectivity index (χ2v) is 4.94. The number of hydrogen-bond acceptors (Lipinski definition) is 2. The van der Waals surface area contributed by atoms with Crippen LogP contribution in [0, 0.1) is 0 Å². The van der Waals surface area contributed by atoms with Crippen molar-refractivity contribution >= 4 is 5.91 Å². The lowest BCUT2D eigenvalue weighted by Gasteiger charge is -2.17. The van der Waals surface area contributed by atoms with Gasteiger partial charge in [-0.1, -0.05) is 55.5 Å². The first-order valence-corrected chi connectivity index (χ1v) is 7.45. The molecule has 0 aliphatic rings. The van der Waals surface area contributed by atoms with Gasteiger partial charge in [-0.2, -0.15) is 0 Å². The largest absolute Gasteiger partial charge is 0.481 e. The van der Waals surface area contributed by atoms with Gasteiger partial charge >= 0.3 is 0 Å². The van der Waals surface area contributed by atoms with E-state index in [1.54, 1.807) is 6.08 Å². The van der Waals surface area contributed by atoms with E-state index in [-0.39, 0.29) is 5.91 Å². The van der Waals surface area contributed by atoms with E-state index in [1.807, 2.05) is 49.4 Å². The Morgan fingerprint density at radius 2 is 1.77 bits per heavy atom. The summed E-state index contributed by atoms with van der Waals surface area (Å²) >= 11 is 0. The van der Waals surface area contributed by atoms with Gasteiger partial charge in [-0.25, -0.2) is 0 Å². The van der Waals surface area contributed by atoms with Crippen LogP contribution in [0.1, 0.15) is 13.3 Å². The summed E-state index contributed by atoms with van der Waals surface area (Å²) in [5, 5.41) is 2.76. The Bertz CT molecular complexity index is 605. The Morgan fingerprint density at radius 3 is 2.36 bits per heavy atom. The molecule has 3 nitrogen and oxygen atoms in total. The van der Waals surface area contributed by atoms with Gasteiger partial charge in [-0.05, 0) is 29.7 Å². The second-order valence-electron chi connectivity index (χ2n) is 4.94. The first-order chi connectivity index (χ1) is 10.7. The van der Waals surface area contributed by atoms with Crippen LogP contribution in [0.5, 0.6) is 5.75 Å². The lowest BCUT2D eigenvalue weighted by molar-refractivity contribution is -0.127. The molecule has 0 bridgehead atoms. The molecule has 2 aromatic carbocycles. The highest BCUT2D eigenvalue weighted by atomic mass is 16.5. The van der Waals surface area contributed by atoms with Crippen molar-refractivity contribution in [1.82, 2.24) is 5.32 Å². The van der Waals surface area contributed by atoms with E-state index in [9.17, 15) is 4.79 Å². The highest BCUT2D eigenvalue weighted by Crippen LogP contribution is 2.22. The van der Waals surface area contributed by atoms with Crippen LogP contribution in [-0.4, -0.2) is 18.6 Å². The van der Waals surface area contributed by atoms with Gasteiger partial charge in [0.05, 0.1) is 0 Å². The average molecular weight is 295 g/mol. The summed E-state index contributed by atoms with van der Waals surface area (Å²) in [5.41, 5.74) is 2.28. The fourth-order valence-corrected chi connectivity index (χ4v) is 2.13. The van der Waals surface area contributed by atoms with Crippen LogP contribution in [0.4, 0.5) is 0 Å². The number of ether oxygens (including phenoxy) is 1. The van der Waals surface area contributed by atoms with E-state index in [4.69, 9.17) is 4.74 Å². The Hall–Kier alpha value is -2.55. The quantitative estimate of drug-likeness (QED) is 0.789. The summed E-state index contributed by atoms with van der Waals surface area (Å²) in [5.74, 6) is 0.579. The molecule has 3 heteroatoms. The van der Waals surface area contributed by atoms with Crippen LogP contribution >= 0.6 is 0 Å². The van der Waals surface area contributed by atoms with Crippen LogP contribution in [0.15, 0.2) is 67.3 Å². The van der Waals surface area contributed by atoms with Gasteiger partial charge in [-0.15, -0.1) is 6.58 Å². The number of amides is 1. The summed E-state index contributed by atoms with van der Waals surface area (Å²) < 4.78 is 5.77. The molecule has 0 saturated heterocycles. The zero-order valence-corrected chi connectivity index (χ0v) is 12.8. The molecule has 0 spiro atoms. The van der Waals surface area contributed by atoms with Gasteiger partial charge in [0, 0.05) is 6.54 Å². The van der Waals surface area contributed by atoms with Crippen LogP contribution in [-0.2, 0) is 4.79 Å². The third-order valence-corrected chi connectivity index (χ3v) is 3.32. The maximum atomic E-state index is 11.9. The molecule has 0 fully saturated rings. The molecule has 1 amide bonds. The Kier molecular flexibility index (Phi) is 5.78. The van der Waals surface area contributed by atoms with Gasteiger partial charge < -0.3 is 10.1 Å². The van der Waals surface area contributed by atoms with Gasteiger partial charge in [0.15, 0.2) is 6.10 Å². The Morgan fingerprint density at radius 1 is 1.14 bits per heavy atom. The minimum Gasteiger partial charge on any atom is -0.481 e. The number of hydrogen-bond donors (Lipinski definition) is 1. The van der Waals surface area contributed by atoms with Gasteiger partial charge in [0.25, 0.3) is 5.91 Å². The smallest absolute Gasteiger partial charge is 0.261 e. The van der Waals surface area contributed by atoms with E-state index in [2.05, 4.69) is 24.0 Å². The second kappa shape index (κ2) is 8.03. The topological polar surface area (TPSA) is 38.3 Å². The fraction of sp³-hybridized carbons (Fsp3) is 0.211. The summed E-state index contributed by atoms with van der Waals surface area (Å²) in [6.45, 7) is 5.96. The molecule has 0 aliphatic heterocycles. The third-order valence-electron chi connectivity index (χ3n) is 3.32. The maximum absolute atomic E-state index is 11.9. The molecule has 114 valence electrons. The summed E-state index contributed by atoms with van der Waals surface area (Å²) in [7, 11) is 0. The minimum absolute atomic E-state index is 0.116. The first-order valence-electron chi connectivity index (χ1n) is 7.45. The summed E-state index contributed by atoms with van der Waals surface area (Å²) in [6.07, 6.45) is 1.78. The van der Waals surface area contributed by atoms with E-state index >= 15 is 0 Å². The normalized spacial score (nSPS) is 11.5. The molecule has 0 aliphatic carbocycles. The SMILES string of the molecule is C=CCNC(=O)[C@H](CC)Oc1ccc(-c2ccccc2)cc1. The zero-order chi connectivity index (χ0) is 15.8. The van der Waals surface area contributed by atoms with Crippen molar-refractivity contribution < 1.29 is 9.53 Å². The number of rotatable bonds is 7. The van der Waals surface area contributed by atoms with Crippen molar-refractivity contribution in [2.45, 2.75) is 19.4 Å². The Labute approximate surface area is 131 Å². The molecule has 2 rings (SSSR count). The first kappa shape index (κ1) is 15.8. The predicted molar refractivity (Wildman–Crippen MR) is 89.8 cm³/mol. The highest BCUT2D eigenvalue weighted by Gasteiger charge is 2.17.